The van der Waals surface area contributed by atoms with Crippen LogP contribution in [0.15, 0.2) is 24.3 Å². The third-order valence-electron chi connectivity index (χ3n) is 2.82. The standard InChI is InChI=1S/C13H14F2N2O.ClH/c14-11-2-1-3-12(15)10(11)4-5-13(18)17-8-6-16-7-9-17;/h1-5,16H,6-9H2;1H/b5-4+;. The van der Waals surface area contributed by atoms with E-state index in [0.29, 0.717) is 13.1 Å². The van der Waals surface area contributed by atoms with Crippen molar-refractivity contribution >= 4 is 24.4 Å². The molecule has 1 heterocycles. The van der Waals surface area contributed by atoms with E-state index < -0.39 is 11.6 Å². The topological polar surface area (TPSA) is 32.3 Å². The number of hydrogen-bond acceptors (Lipinski definition) is 2. The molecule has 0 aromatic heterocycles. The molecule has 0 unspecified atom stereocenters. The molecule has 1 amide bonds. The van der Waals surface area contributed by atoms with Crippen LogP contribution in [0.3, 0.4) is 0 Å². The molecule has 3 nitrogen and oxygen atoms in total. The number of hydrogen-bond donors (Lipinski definition) is 1. The summed E-state index contributed by atoms with van der Waals surface area (Å²) < 4.78 is 26.6. The Labute approximate surface area is 116 Å². The Balaban J connectivity index is 0.00000180. The van der Waals surface area contributed by atoms with Gasteiger partial charge in [0.25, 0.3) is 0 Å². The maximum absolute atomic E-state index is 13.3. The summed E-state index contributed by atoms with van der Waals surface area (Å²) in [5.74, 6) is -1.56. The molecule has 0 atom stereocenters. The van der Waals surface area contributed by atoms with Gasteiger partial charge >= 0.3 is 0 Å². The molecule has 0 saturated carbocycles. The van der Waals surface area contributed by atoms with Crippen molar-refractivity contribution in [2.24, 2.45) is 0 Å². The fourth-order valence-electron chi connectivity index (χ4n) is 1.82. The molecule has 1 aromatic rings. The van der Waals surface area contributed by atoms with Crippen molar-refractivity contribution in [2.75, 3.05) is 26.2 Å². The molecular formula is C13H15ClF2N2O. The summed E-state index contributed by atoms with van der Waals surface area (Å²) in [6.07, 6.45) is 2.40. The first-order valence-electron chi connectivity index (χ1n) is 5.80. The highest BCUT2D eigenvalue weighted by molar-refractivity contribution is 5.91. The normalized spacial score (nSPS) is 15.4. The molecule has 1 aliphatic heterocycles. The van der Waals surface area contributed by atoms with Crippen molar-refractivity contribution in [3.63, 3.8) is 0 Å². The highest BCUT2D eigenvalue weighted by Crippen LogP contribution is 2.13. The molecule has 0 bridgehead atoms. The van der Waals surface area contributed by atoms with Crippen molar-refractivity contribution < 1.29 is 13.6 Å². The molecule has 0 aliphatic carbocycles. The van der Waals surface area contributed by atoms with Crippen LogP contribution in [0.4, 0.5) is 8.78 Å². The van der Waals surface area contributed by atoms with Gasteiger partial charge in [-0.05, 0) is 18.2 Å². The molecule has 0 radical (unpaired) electrons. The molecule has 1 fully saturated rings. The van der Waals surface area contributed by atoms with Crippen LogP contribution in [-0.4, -0.2) is 37.0 Å². The maximum Gasteiger partial charge on any atom is 0.246 e. The van der Waals surface area contributed by atoms with E-state index >= 15 is 0 Å². The molecule has 104 valence electrons. The summed E-state index contributed by atoms with van der Waals surface area (Å²) >= 11 is 0. The minimum Gasteiger partial charge on any atom is -0.337 e. The molecular weight excluding hydrogens is 274 g/mol. The van der Waals surface area contributed by atoms with Crippen LogP contribution in [0.25, 0.3) is 6.08 Å². The van der Waals surface area contributed by atoms with Crippen LogP contribution >= 0.6 is 12.4 Å². The number of rotatable bonds is 2. The SMILES string of the molecule is Cl.O=C(/C=C/c1c(F)cccc1F)N1CCNCC1. The van der Waals surface area contributed by atoms with Gasteiger partial charge in [0.1, 0.15) is 11.6 Å². The Morgan fingerprint density at radius 2 is 1.79 bits per heavy atom. The Hall–Kier alpha value is -1.46. The van der Waals surface area contributed by atoms with Gasteiger partial charge in [0.05, 0.1) is 0 Å². The summed E-state index contributed by atoms with van der Waals surface area (Å²) in [4.78, 5) is 13.4. The summed E-state index contributed by atoms with van der Waals surface area (Å²) in [6.45, 7) is 2.72. The number of amides is 1. The second kappa shape index (κ2) is 7.21. The zero-order valence-electron chi connectivity index (χ0n) is 10.2. The fourth-order valence-corrected chi connectivity index (χ4v) is 1.82. The van der Waals surface area contributed by atoms with Crippen LogP contribution < -0.4 is 5.32 Å². The number of carbonyl (C=O) groups excluding carboxylic acids is 1. The zero-order valence-corrected chi connectivity index (χ0v) is 11.1. The lowest BCUT2D eigenvalue weighted by Crippen LogP contribution is -2.45. The van der Waals surface area contributed by atoms with Crippen LogP contribution in [-0.2, 0) is 4.79 Å². The Bertz CT molecular complexity index is 453. The van der Waals surface area contributed by atoms with E-state index in [0.717, 1.165) is 25.2 Å². The molecule has 2 rings (SSSR count). The summed E-state index contributed by atoms with van der Waals surface area (Å²) in [6, 6.07) is 3.62. The Morgan fingerprint density at radius 1 is 1.21 bits per heavy atom. The molecule has 1 aliphatic rings. The summed E-state index contributed by atoms with van der Waals surface area (Å²) in [5, 5.41) is 3.12. The van der Waals surface area contributed by atoms with Crippen molar-refractivity contribution in [3.8, 4) is 0 Å². The molecule has 6 heteroatoms. The maximum atomic E-state index is 13.3. The van der Waals surface area contributed by atoms with Gasteiger partial charge in [-0.2, -0.15) is 0 Å². The number of nitrogens with one attached hydrogen (secondary N) is 1. The lowest BCUT2D eigenvalue weighted by Gasteiger charge is -2.26. The predicted molar refractivity (Wildman–Crippen MR) is 72.1 cm³/mol. The quantitative estimate of drug-likeness (QED) is 0.842. The van der Waals surface area contributed by atoms with Crippen LogP contribution in [0, 0.1) is 11.6 Å². The van der Waals surface area contributed by atoms with Gasteiger partial charge in [-0.15, -0.1) is 12.4 Å². The Kier molecular flexibility index (Phi) is 5.92. The van der Waals surface area contributed by atoms with Gasteiger partial charge in [-0.25, -0.2) is 8.78 Å². The first-order chi connectivity index (χ1) is 8.68. The average Bonchev–Trinajstić information content (AvgIpc) is 2.39. The van der Waals surface area contributed by atoms with Crippen molar-refractivity contribution in [3.05, 3.63) is 41.5 Å². The highest BCUT2D eigenvalue weighted by Gasteiger charge is 2.13. The smallest absolute Gasteiger partial charge is 0.246 e. The van der Waals surface area contributed by atoms with E-state index in [9.17, 15) is 13.6 Å². The molecule has 1 N–H and O–H groups in total. The van der Waals surface area contributed by atoms with Crippen LogP contribution in [0.5, 0.6) is 0 Å². The van der Waals surface area contributed by atoms with E-state index in [-0.39, 0.29) is 23.9 Å². The van der Waals surface area contributed by atoms with E-state index in [1.807, 2.05) is 0 Å². The first-order valence-corrected chi connectivity index (χ1v) is 5.80. The van der Waals surface area contributed by atoms with Gasteiger partial charge in [0.15, 0.2) is 0 Å². The van der Waals surface area contributed by atoms with E-state index in [2.05, 4.69) is 5.32 Å². The summed E-state index contributed by atoms with van der Waals surface area (Å²) in [7, 11) is 0. The van der Waals surface area contributed by atoms with E-state index in [1.165, 1.54) is 18.2 Å². The predicted octanol–water partition coefficient (Wildman–Crippen LogP) is 1.83. The van der Waals surface area contributed by atoms with Crippen molar-refractivity contribution in [1.29, 1.82) is 0 Å². The van der Waals surface area contributed by atoms with Gasteiger partial charge in [-0.1, -0.05) is 6.07 Å². The Morgan fingerprint density at radius 3 is 2.37 bits per heavy atom. The largest absolute Gasteiger partial charge is 0.337 e. The number of benzene rings is 1. The van der Waals surface area contributed by atoms with Crippen LogP contribution in [0.1, 0.15) is 5.56 Å². The molecule has 1 saturated heterocycles. The second-order valence-electron chi connectivity index (χ2n) is 4.04. The first kappa shape index (κ1) is 15.6. The van der Waals surface area contributed by atoms with Gasteiger partial charge in [0, 0.05) is 37.8 Å². The van der Waals surface area contributed by atoms with E-state index in [1.54, 1.807) is 4.90 Å². The minimum atomic E-state index is -0.667. The third-order valence-corrected chi connectivity index (χ3v) is 2.82. The van der Waals surface area contributed by atoms with Crippen molar-refractivity contribution in [2.45, 2.75) is 0 Å². The lowest BCUT2D eigenvalue weighted by atomic mass is 10.2. The van der Waals surface area contributed by atoms with Crippen LogP contribution in [0.2, 0.25) is 0 Å². The molecule has 1 aromatic carbocycles. The summed E-state index contributed by atoms with van der Waals surface area (Å²) in [5.41, 5.74) is -0.180. The van der Waals surface area contributed by atoms with Crippen molar-refractivity contribution in [1.82, 2.24) is 10.2 Å². The highest BCUT2D eigenvalue weighted by atomic mass is 35.5. The number of piperazine rings is 1. The number of carbonyl (C=O) groups is 1. The van der Waals surface area contributed by atoms with Gasteiger partial charge in [-0.3, -0.25) is 4.79 Å². The minimum absolute atomic E-state index is 0. The van der Waals surface area contributed by atoms with Gasteiger partial charge < -0.3 is 10.2 Å². The third kappa shape index (κ3) is 4.01. The second-order valence-corrected chi connectivity index (χ2v) is 4.04. The zero-order chi connectivity index (χ0) is 13.0. The fraction of sp³-hybridized carbons (Fsp3) is 0.308. The number of nitrogens with zero attached hydrogens (tertiary/aromatic N) is 1. The molecule has 0 spiro atoms. The number of halogens is 3. The molecule has 19 heavy (non-hydrogen) atoms. The monoisotopic (exact) mass is 288 g/mol. The van der Waals surface area contributed by atoms with E-state index in [4.69, 9.17) is 0 Å². The van der Waals surface area contributed by atoms with Gasteiger partial charge in [0.2, 0.25) is 5.91 Å². The lowest BCUT2D eigenvalue weighted by molar-refractivity contribution is -0.126. The average molecular weight is 289 g/mol.